The number of aliphatic imine (C=N–C) groups is 1. The van der Waals surface area contributed by atoms with Gasteiger partial charge in [0.25, 0.3) is 5.69 Å². The van der Waals surface area contributed by atoms with Crippen molar-refractivity contribution in [2.45, 2.75) is 31.0 Å². The van der Waals surface area contributed by atoms with E-state index in [1.807, 2.05) is 0 Å². The largest absolute Gasteiger partial charge is 0.479 e. The van der Waals surface area contributed by atoms with Crippen molar-refractivity contribution in [3.63, 3.8) is 0 Å². The van der Waals surface area contributed by atoms with E-state index in [1.165, 1.54) is 18.2 Å². The van der Waals surface area contributed by atoms with Crippen LogP contribution in [0.5, 0.6) is 11.5 Å². The van der Waals surface area contributed by atoms with E-state index in [4.69, 9.17) is 24.2 Å². The lowest BCUT2D eigenvalue weighted by Gasteiger charge is -2.45. The molecule has 0 aromatic heterocycles. The molecule has 0 bridgehead atoms. The van der Waals surface area contributed by atoms with Gasteiger partial charge in [-0.3, -0.25) is 10.1 Å². The molecule has 3 atom stereocenters. The van der Waals surface area contributed by atoms with Gasteiger partial charge in [-0.05, 0) is 25.1 Å². The molecule has 0 spiro atoms. The molecule has 0 aliphatic carbocycles. The third-order valence-corrected chi connectivity index (χ3v) is 5.25. The molecule has 166 valence electrons. The summed E-state index contributed by atoms with van der Waals surface area (Å²) in [5.74, 6) is 0.691. The number of nitro groups is 1. The maximum absolute atomic E-state index is 11.3. The summed E-state index contributed by atoms with van der Waals surface area (Å²) in [6.07, 6.45) is -0.543. The first-order valence-electron chi connectivity index (χ1n) is 9.77. The highest BCUT2D eigenvalue weighted by Gasteiger charge is 2.54. The number of ether oxygens (including phenoxy) is 4. The molecule has 0 saturated carbocycles. The zero-order chi connectivity index (χ0) is 22.7. The summed E-state index contributed by atoms with van der Waals surface area (Å²) in [5.41, 5.74) is -1.25. The van der Waals surface area contributed by atoms with Gasteiger partial charge >= 0.3 is 6.02 Å². The van der Waals surface area contributed by atoms with Crippen LogP contribution < -0.4 is 14.8 Å². The van der Waals surface area contributed by atoms with Crippen molar-refractivity contribution in [2.75, 3.05) is 13.2 Å². The summed E-state index contributed by atoms with van der Waals surface area (Å²) in [6, 6.07) is 11.5. The number of aliphatic hydroxyl groups excluding tert-OH is 1. The van der Waals surface area contributed by atoms with E-state index in [9.17, 15) is 15.2 Å². The fourth-order valence-electron chi connectivity index (χ4n) is 3.68. The van der Waals surface area contributed by atoms with Crippen LogP contribution in [0.1, 0.15) is 18.5 Å². The number of nitriles is 1. The first-order valence-corrected chi connectivity index (χ1v) is 9.77. The molecule has 0 unspecified atom stereocenters. The van der Waals surface area contributed by atoms with Gasteiger partial charge in [-0.15, -0.1) is 4.99 Å². The van der Waals surface area contributed by atoms with Gasteiger partial charge in [-0.2, -0.15) is 5.26 Å². The van der Waals surface area contributed by atoms with E-state index in [1.54, 1.807) is 43.4 Å². The Morgan fingerprint density at radius 2 is 2.03 bits per heavy atom. The average Bonchev–Trinajstić information content (AvgIpc) is 3.33. The van der Waals surface area contributed by atoms with Gasteiger partial charge in [0.05, 0.1) is 24.2 Å². The van der Waals surface area contributed by atoms with Gasteiger partial charge in [0.2, 0.25) is 6.19 Å². The van der Waals surface area contributed by atoms with Gasteiger partial charge in [0.15, 0.2) is 11.9 Å². The molecule has 2 aliphatic heterocycles. The Hall–Kier alpha value is -3.72. The minimum atomic E-state index is -1.36. The summed E-state index contributed by atoms with van der Waals surface area (Å²) in [6.45, 7) is 2.28. The van der Waals surface area contributed by atoms with Gasteiger partial charge < -0.3 is 29.4 Å². The van der Waals surface area contributed by atoms with Crippen molar-refractivity contribution in [1.29, 1.82) is 5.26 Å². The number of aliphatic hydroxyl groups is 1. The van der Waals surface area contributed by atoms with Gasteiger partial charge in [-0.25, -0.2) is 0 Å². The first kappa shape index (κ1) is 21.5. The van der Waals surface area contributed by atoms with E-state index in [2.05, 4.69) is 10.3 Å². The molecular weight excluding hydrogens is 420 g/mol. The molecule has 4 rings (SSSR count). The maximum Gasteiger partial charge on any atom is 0.306 e. The number of fused-ring (bicyclic) bond motifs is 1. The number of para-hydroxylation sites is 1. The van der Waals surface area contributed by atoms with Crippen LogP contribution in [0.2, 0.25) is 0 Å². The normalized spacial score (nSPS) is 25.3. The monoisotopic (exact) mass is 440 g/mol. The molecule has 32 heavy (non-hydrogen) atoms. The van der Waals surface area contributed by atoms with Gasteiger partial charge in [0, 0.05) is 17.7 Å². The van der Waals surface area contributed by atoms with Gasteiger partial charge in [-0.1, -0.05) is 18.2 Å². The molecular formula is C21H20N4O7. The third kappa shape index (κ3) is 4.06. The topological polar surface area (TPSA) is 148 Å². The Bertz CT molecular complexity index is 1070. The number of nitrogens with one attached hydrogen (secondary N) is 1. The summed E-state index contributed by atoms with van der Waals surface area (Å²) in [7, 11) is 0. The summed E-state index contributed by atoms with van der Waals surface area (Å²) in [5, 5.41) is 34.6. The van der Waals surface area contributed by atoms with Crippen LogP contribution in [-0.4, -0.2) is 47.3 Å². The fraction of sp³-hybridized carbons (Fsp3) is 0.333. The van der Waals surface area contributed by atoms with Crippen molar-refractivity contribution in [2.24, 2.45) is 4.99 Å². The SMILES string of the molecule is C[C@]1(C2OCCO2)Oc2ccc([N+](=O)[O-])cc2[C@@H](NC(=NC#N)Oc2ccccc2)[C@@H]1O. The van der Waals surface area contributed by atoms with E-state index in [-0.39, 0.29) is 17.5 Å². The number of rotatable bonds is 4. The number of benzene rings is 2. The standard InChI is InChI=1S/C21H20N4O7/c1-21(19-29-9-10-30-19)18(26)17(15-11-13(25(27)28)7-8-16(15)32-21)24-20(23-12-22)31-14-5-3-2-4-6-14/h2-8,11,17-19,26H,9-10H2,1H3,(H,23,24)/t17-,18+,21+/m1/s1. The van der Waals surface area contributed by atoms with Crippen LogP contribution in [0.15, 0.2) is 53.5 Å². The van der Waals surface area contributed by atoms with Crippen LogP contribution in [0.4, 0.5) is 5.69 Å². The minimum absolute atomic E-state index is 0.189. The molecule has 0 radical (unpaired) electrons. The quantitative estimate of drug-likeness (QED) is 0.239. The van der Waals surface area contributed by atoms with Crippen LogP contribution in [0, 0.1) is 21.6 Å². The molecule has 2 heterocycles. The van der Waals surface area contributed by atoms with Crippen LogP contribution in [-0.2, 0) is 9.47 Å². The number of nitrogens with zero attached hydrogens (tertiary/aromatic N) is 3. The Labute approximate surface area is 183 Å². The van der Waals surface area contributed by atoms with Crippen molar-refractivity contribution in [3.8, 4) is 17.7 Å². The first-order chi connectivity index (χ1) is 15.4. The smallest absolute Gasteiger partial charge is 0.306 e. The molecule has 2 aromatic carbocycles. The lowest BCUT2D eigenvalue weighted by atomic mass is 9.84. The maximum atomic E-state index is 11.3. The molecule has 11 heteroatoms. The second-order valence-corrected chi connectivity index (χ2v) is 7.34. The summed E-state index contributed by atoms with van der Waals surface area (Å²) >= 11 is 0. The van der Waals surface area contributed by atoms with E-state index < -0.39 is 29.0 Å². The summed E-state index contributed by atoms with van der Waals surface area (Å²) in [4.78, 5) is 14.4. The van der Waals surface area contributed by atoms with Crippen molar-refractivity contribution in [3.05, 3.63) is 64.2 Å². The van der Waals surface area contributed by atoms with Gasteiger partial charge in [0.1, 0.15) is 17.6 Å². The fourth-order valence-corrected chi connectivity index (χ4v) is 3.68. The number of hydrogen-bond donors (Lipinski definition) is 2. The van der Waals surface area contributed by atoms with E-state index >= 15 is 0 Å². The lowest BCUT2D eigenvalue weighted by molar-refractivity contribution is -0.385. The Morgan fingerprint density at radius 1 is 1.31 bits per heavy atom. The number of nitro benzene ring substituents is 1. The number of hydrogen-bond acceptors (Lipinski definition) is 9. The zero-order valence-electron chi connectivity index (χ0n) is 17.0. The third-order valence-electron chi connectivity index (χ3n) is 5.25. The molecule has 1 fully saturated rings. The van der Waals surface area contributed by atoms with Crippen LogP contribution >= 0.6 is 0 Å². The second kappa shape index (κ2) is 8.80. The van der Waals surface area contributed by atoms with Crippen LogP contribution in [0.25, 0.3) is 0 Å². The molecule has 2 N–H and O–H groups in total. The predicted molar refractivity (Wildman–Crippen MR) is 110 cm³/mol. The van der Waals surface area contributed by atoms with E-state index in [0.717, 1.165) is 0 Å². The highest BCUT2D eigenvalue weighted by atomic mass is 16.7. The second-order valence-electron chi connectivity index (χ2n) is 7.34. The van der Waals surface area contributed by atoms with Crippen molar-refractivity contribution >= 4 is 11.7 Å². The Kier molecular flexibility index (Phi) is 5.91. The average molecular weight is 440 g/mol. The molecule has 2 aromatic rings. The molecule has 0 amide bonds. The predicted octanol–water partition coefficient (Wildman–Crippen LogP) is 2.03. The molecule has 11 nitrogen and oxygen atoms in total. The van der Waals surface area contributed by atoms with Crippen molar-refractivity contribution < 1.29 is 29.0 Å². The zero-order valence-corrected chi connectivity index (χ0v) is 17.0. The molecule has 1 saturated heterocycles. The number of amidine groups is 1. The Balaban J connectivity index is 1.73. The minimum Gasteiger partial charge on any atom is -0.479 e. The van der Waals surface area contributed by atoms with Crippen LogP contribution in [0.3, 0.4) is 0 Å². The molecule has 2 aliphatic rings. The highest BCUT2D eigenvalue weighted by Crippen LogP contribution is 2.44. The van der Waals surface area contributed by atoms with Crippen molar-refractivity contribution in [1.82, 2.24) is 5.32 Å². The Morgan fingerprint density at radius 3 is 2.69 bits per heavy atom. The number of non-ortho nitro benzene ring substituents is 1. The highest BCUT2D eigenvalue weighted by molar-refractivity contribution is 5.78. The summed E-state index contributed by atoms with van der Waals surface area (Å²) < 4.78 is 22.9. The van der Waals surface area contributed by atoms with E-state index in [0.29, 0.717) is 24.5 Å². The lowest BCUT2D eigenvalue weighted by Crippen LogP contribution is -2.61.